The number of nitrogens with two attached hydrogens (primary N) is 1. The van der Waals surface area contributed by atoms with E-state index in [0.29, 0.717) is 18.6 Å². The minimum absolute atomic E-state index is 0.0348. The molecule has 3 unspecified atom stereocenters. The Morgan fingerprint density at radius 2 is 2.05 bits per heavy atom. The second-order valence-electron chi connectivity index (χ2n) is 5.09. The SMILES string of the molecule is CC(N)Cc1cc(F)c(SC2CCOC2C)c(F)c1. The molecule has 0 spiro atoms. The highest BCUT2D eigenvalue weighted by Gasteiger charge is 2.27. The minimum atomic E-state index is -0.500. The van der Waals surface area contributed by atoms with E-state index in [1.807, 2.05) is 13.8 Å². The van der Waals surface area contributed by atoms with Gasteiger partial charge in [-0.2, -0.15) is 0 Å². The third-order valence-electron chi connectivity index (χ3n) is 3.19. The fraction of sp³-hybridized carbons (Fsp3) is 0.571. The minimum Gasteiger partial charge on any atom is -0.377 e. The van der Waals surface area contributed by atoms with Gasteiger partial charge in [-0.15, -0.1) is 11.8 Å². The molecule has 1 aliphatic rings. The van der Waals surface area contributed by atoms with Gasteiger partial charge in [-0.3, -0.25) is 0 Å². The maximum atomic E-state index is 14.0. The molecule has 2 N–H and O–H groups in total. The maximum absolute atomic E-state index is 14.0. The van der Waals surface area contributed by atoms with Gasteiger partial charge in [0.25, 0.3) is 0 Å². The van der Waals surface area contributed by atoms with Crippen molar-refractivity contribution in [2.24, 2.45) is 5.73 Å². The van der Waals surface area contributed by atoms with Crippen LogP contribution >= 0.6 is 11.8 Å². The predicted molar refractivity (Wildman–Crippen MR) is 73.4 cm³/mol. The van der Waals surface area contributed by atoms with Gasteiger partial charge >= 0.3 is 0 Å². The Morgan fingerprint density at radius 3 is 2.53 bits per heavy atom. The van der Waals surface area contributed by atoms with E-state index in [9.17, 15) is 8.78 Å². The summed E-state index contributed by atoms with van der Waals surface area (Å²) in [5.74, 6) is -1.00. The Labute approximate surface area is 116 Å². The lowest BCUT2D eigenvalue weighted by atomic mass is 10.1. The van der Waals surface area contributed by atoms with E-state index in [4.69, 9.17) is 10.5 Å². The van der Waals surface area contributed by atoms with Crippen LogP contribution in [0, 0.1) is 11.6 Å². The standard InChI is InChI=1S/C14H19F2NOS/c1-8(17)5-10-6-11(15)14(12(16)7-10)19-13-3-4-18-9(13)2/h6-9,13H,3-5,17H2,1-2H3. The molecule has 0 radical (unpaired) electrons. The van der Waals surface area contributed by atoms with Crippen LogP contribution in [0.1, 0.15) is 25.8 Å². The number of hydrogen-bond acceptors (Lipinski definition) is 3. The number of ether oxygens (including phenoxy) is 1. The molecular formula is C14H19F2NOS. The molecule has 5 heteroatoms. The molecule has 1 aromatic rings. The quantitative estimate of drug-likeness (QED) is 0.924. The average molecular weight is 287 g/mol. The van der Waals surface area contributed by atoms with Crippen LogP contribution < -0.4 is 5.73 Å². The Bertz CT molecular complexity index is 430. The van der Waals surface area contributed by atoms with E-state index in [1.54, 1.807) is 0 Å². The predicted octanol–water partition coefficient (Wildman–Crippen LogP) is 3.12. The van der Waals surface area contributed by atoms with Crippen molar-refractivity contribution in [2.45, 2.75) is 49.0 Å². The maximum Gasteiger partial charge on any atom is 0.140 e. The van der Waals surface area contributed by atoms with Crippen molar-refractivity contribution in [3.63, 3.8) is 0 Å². The van der Waals surface area contributed by atoms with Crippen molar-refractivity contribution >= 4 is 11.8 Å². The molecule has 1 fully saturated rings. The van der Waals surface area contributed by atoms with E-state index >= 15 is 0 Å². The number of benzene rings is 1. The molecule has 1 aromatic carbocycles. The summed E-state index contributed by atoms with van der Waals surface area (Å²) < 4.78 is 33.4. The Morgan fingerprint density at radius 1 is 1.42 bits per heavy atom. The summed E-state index contributed by atoms with van der Waals surface area (Å²) in [6.07, 6.45) is 1.33. The number of hydrogen-bond donors (Lipinski definition) is 1. The van der Waals surface area contributed by atoms with Crippen molar-refractivity contribution in [1.82, 2.24) is 0 Å². The molecular weight excluding hydrogens is 268 g/mol. The molecule has 0 amide bonds. The number of thioether (sulfide) groups is 1. The lowest BCUT2D eigenvalue weighted by Crippen LogP contribution is -2.18. The molecule has 2 nitrogen and oxygen atoms in total. The molecule has 3 atom stereocenters. The number of rotatable bonds is 4. The normalized spacial score (nSPS) is 24.7. The van der Waals surface area contributed by atoms with E-state index in [0.717, 1.165) is 6.42 Å². The summed E-state index contributed by atoms with van der Waals surface area (Å²) >= 11 is 1.23. The lowest BCUT2D eigenvalue weighted by Gasteiger charge is -2.15. The highest BCUT2D eigenvalue weighted by atomic mass is 32.2. The van der Waals surface area contributed by atoms with Crippen LogP contribution in [0.25, 0.3) is 0 Å². The summed E-state index contributed by atoms with van der Waals surface area (Å²) in [7, 11) is 0. The fourth-order valence-electron chi connectivity index (χ4n) is 2.23. The van der Waals surface area contributed by atoms with Crippen LogP contribution in [0.3, 0.4) is 0 Å². The lowest BCUT2D eigenvalue weighted by molar-refractivity contribution is 0.127. The number of halogens is 2. The van der Waals surface area contributed by atoms with Gasteiger partial charge in [0.15, 0.2) is 0 Å². The van der Waals surface area contributed by atoms with Gasteiger partial charge in [0.05, 0.1) is 11.0 Å². The molecule has 0 saturated carbocycles. The van der Waals surface area contributed by atoms with E-state index in [2.05, 4.69) is 0 Å². The van der Waals surface area contributed by atoms with Gasteiger partial charge in [-0.1, -0.05) is 0 Å². The van der Waals surface area contributed by atoms with Crippen LogP contribution in [0.4, 0.5) is 8.78 Å². The first-order valence-electron chi connectivity index (χ1n) is 6.49. The molecule has 2 rings (SSSR count). The van der Waals surface area contributed by atoms with E-state index in [1.165, 1.54) is 23.9 Å². The van der Waals surface area contributed by atoms with Crippen molar-refractivity contribution < 1.29 is 13.5 Å². The summed E-state index contributed by atoms with van der Waals surface area (Å²) in [5, 5.41) is 0.114. The smallest absolute Gasteiger partial charge is 0.140 e. The van der Waals surface area contributed by atoms with Crippen molar-refractivity contribution in [3.05, 3.63) is 29.3 Å². The van der Waals surface area contributed by atoms with Gasteiger partial charge in [-0.05, 0) is 44.4 Å². The summed E-state index contributed by atoms with van der Waals surface area (Å²) in [5.41, 5.74) is 6.25. The van der Waals surface area contributed by atoms with Gasteiger partial charge in [0, 0.05) is 17.9 Å². The fourth-order valence-corrected chi connectivity index (χ4v) is 3.36. The van der Waals surface area contributed by atoms with Crippen LogP contribution in [0.5, 0.6) is 0 Å². The Kier molecular flexibility index (Phi) is 4.81. The van der Waals surface area contributed by atoms with Gasteiger partial charge in [0.2, 0.25) is 0 Å². The van der Waals surface area contributed by atoms with Crippen molar-refractivity contribution in [3.8, 4) is 0 Å². The summed E-state index contributed by atoms with van der Waals surface area (Å²) in [6.45, 7) is 4.41. The Balaban J connectivity index is 2.16. The zero-order valence-electron chi connectivity index (χ0n) is 11.2. The van der Waals surface area contributed by atoms with Gasteiger partial charge in [-0.25, -0.2) is 8.78 Å². The third-order valence-corrected chi connectivity index (χ3v) is 4.74. The van der Waals surface area contributed by atoms with Gasteiger partial charge in [0.1, 0.15) is 11.6 Å². The van der Waals surface area contributed by atoms with Crippen LogP contribution in [-0.2, 0) is 11.2 Å². The first-order chi connectivity index (χ1) is 8.97. The monoisotopic (exact) mass is 287 g/mol. The molecule has 106 valence electrons. The largest absolute Gasteiger partial charge is 0.377 e. The summed E-state index contributed by atoms with van der Waals surface area (Å²) in [4.78, 5) is 0.0933. The van der Waals surface area contributed by atoms with Crippen LogP contribution in [0.2, 0.25) is 0 Å². The van der Waals surface area contributed by atoms with E-state index in [-0.39, 0.29) is 22.3 Å². The average Bonchev–Trinajstić information content (AvgIpc) is 2.68. The second-order valence-corrected chi connectivity index (χ2v) is 6.34. The molecule has 0 aliphatic carbocycles. The van der Waals surface area contributed by atoms with E-state index < -0.39 is 11.6 Å². The molecule has 1 aliphatic heterocycles. The van der Waals surface area contributed by atoms with Crippen molar-refractivity contribution in [1.29, 1.82) is 0 Å². The first-order valence-corrected chi connectivity index (χ1v) is 7.37. The Hall–Kier alpha value is -0.650. The topological polar surface area (TPSA) is 35.2 Å². The molecule has 19 heavy (non-hydrogen) atoms. The molecule has 0 bridgehead atoms. The van der Waals surface area contributed by atoms with Crippen molar-refractivity contribution in [2.75, 3.05) is 6.61 Å². The zero-order valence-corrected chi connectivity index (χ0v) is 12.0. The molecule has 1 heterocycles. The zero-order chi connectivity index (χ0) is 14.0. The second kappa shape index (κ2) is 6.20. The first kappa shape index (κ1) is 14.8. The molecule has 0 aromatic heterocycles. The summed E-state index contributed by atoms with van der Waals surface area (Å²) in [6, 6.07) is 2.66. The van der Waals surface area contributed by atoms with Gasteiger partial charge < -0.3 is 10.5 Å². The van der Waals surface area contributed by atoms with Crippen LogP contribution in [-0.4, -0.2) is 24.0 Å². The highest BCUT2D eigenvalue weighted by Crippen LogP contribution is 2.36. The van der Waals surface area contributed by atoms with Crippen LogP contribution in [0.15, 0.2) is 17.0 Å². The highest BCUT2D eigenvalue weighted by molar-refractivity contribution is 8.00. The third kappa shape index (κ3) is 3.68. The molecule has 1 saturated heterocycles.